The smallest absolute Gasteiger partial charge is 0.311 e. The summed E-state index contributed by atoms with van der Waals surface area (Å²) < 4.78 is 5.25. The first-order valence-electron chi connectivity index (χ1n) is 4.68. The van der Waals surface area contributed by atoms with E-state index in [2.05, 4.69) is 4.98 Å². The number of aromatic nitrogens is 1. The third kappa shape index (κ3) is 1.93. The molecule has 0 aliphatic carbocycles. The van der Waals surface area contributed by atoms with Crippen molar-refractivity contribution in [1.29, 1.82) is 0 Å². The number of nitrogens with zero attached hydrogens (tertiary/aromatic N) is 1. The van der Waals surface area contributed by atoms with E-state index in [9.17, 15) is 9.59 Å². The third-order valence-corrected chi connectivity index (χ3v) is 2.13. The molecule has 82 valence electrons. The summed E-state index contributed by atoms with van der Waals surface area (Å²) in [6.07, 6.45) is -0.515. The summed E-state index contributed by atoms with van der Waals surface area (Å²) in [5.41, 5.74) is 1.48. The van der Waals surface area contributed by atoms with Crippen molar-refractivity contribution in [1.82, 2.24) is 4.98 Å². The molecule has 16 heavy (non-hydrogen) atoms. The van der Waals surface area contributed by atoms with Gasteiger partial charge in [0.15, 0.2) is 17.3 Å². The average Bonchev–Trinajstić information content (AvgIpc) is 2.55. The van der Waals surface area contributed by atoms with Gasteiger partial charge < -0.3 is 9.52 Å². The Hall–Kier alpha value is -2.17. The summed E-state index contributed by atoms with van der Waals surface area (Å²) in [5.74, 6) is -1.07. The molecule has 0 amide bonds. The molecule has 1 aromatic carbocycles. The van der Waals surface area contributed by atoms with Crippen LogP contribution < -0.4 is 0 Å². The molecule has 2 aromatic rings. The summed E-state index contributed by atoms with van der Waals surface area (Å²) in [7, 11) is 0. The SMILES string of the molecule is Cc1nc2ccc(C(=O)CC(=O)O)cc2o1. The van der Waals surface area contributed by atoms with Crippen molar-refractivity contribution < 1.29 is 19.1 Å². The Balaban J connectivity index is 2.38. The summed E-state index contributed by atoms with van der Waals surface area (Å²) in [5, 5.41) is 8.51. The van der Waals surface area contributed by atoms with Gasteiger partial charge in [-0.2, -0.15) is 0 Å². The number of rotatable bonds is 3. The number of carbonyl (C=O) groups is 2. The molecule has 0 atom stereocenters. The summed E-state index contributed by atoms with van der Waals surface area (Å²) >= 11 is 0. The first-order chi connectivity index (χ1) is 7.56. The van der Waals surface area contributed by atoms with Gasteiger partial charge >= 0.3 is 5.97 Å². The molecule has 0 saturated carbocycles. The lowest BCUT2D eigenvalue weighted by molar-refractivity contribution is -0.135. The minimum Gasteiger partial charge on any atom is -0.481 e. The summed E-state index contributed by atoms with van der Waals surface area (Å²) in [6.45, 7) is 1.71. The van der Waals surface area contributed by atoms with Crippen LogP contribution in [0.4, 0.5) is 0 Å². The maximum Gasteiger partial charge on any atom is 0.311 e. The average molecular weight is 219 g/mol. The minimum atomic E-state index is -1.14. The van der Waals surface area contributed by atoms with E-state index < -0.39 is 18.2 Å². The molecule has 0 bridgehead atoms. The maximum absolute atomic E-state index is 11.5. The van der Waals surface area contributed by atoms with E-state index in [1.807, 2.05) is 0 Å². The van der Waals surface area contributed by atoms with Crippen LogP contribution in [-0.2, 0) is 4.79 Å². The van der Waals surface area contributed by atoms with E-state index in [4.69, 9.17) is 9.52 Å². The van der Waals surface area contributed by atoms with Gasteiger partial charge in [-0.3, -0.25) is 9.59 Å². The van der Waals surface area contributed by atoms with Gasteiger partial charge in [0.1, 0.15) is 11.9 Å². The minimum absolute atomic E-state index is 0.325. The fourth-order valence-electron chi connectivity index (χ4n) is 1.45. The number of fused-ring (bicyclic) bond motifs is 1. The number of aliphatic carboxylic acids is 1. The third-order valence-electron chi connectivity index (χ3n) is 2.13. The van der Waals surface area contributed by atoms with Crippen molar-refractivity contribution in [3.63, 3.8) is 0 Å². The molecule has 0 radical (unpaired) electrons. The zero-order valence-electron chi connectivity index (χ0n) is 8.56. The van der Waals surface area contributed by atoms with Crippen LogP contribution in [0.25, 0.3) is 11.1 Å². The largest absolute Gasteiger partial charge is 0.481 e. The van der Waals surface area contributed by atoms with E-state index in [-0.39, 0.29) is 0 Å². The second kappa shape index (κ2) is 3.77. The van der Waals surface area contributed by atoms with Gasteiger partial charge in [0, 0.05) is 12.5 Å². The molecule has 0 spiro atoms. The fourth-order valence-corrected chi connectivity index (χ4v) is 1.45. The second-order valence-electron chi connectivity index (χ2n) is 3.41. The first-order valence-corrected chi connectivity index (χ1v) is 4.68. The van der Waals surface area contributed by atoms with Gasteiger partial charge in [-0.15, -0.1) is 0 Å². The van der Waals surface area contributed by atoms with E-state index >= 15 is 0 Å². The number of ketones is 1. The molecule has 2 rings (SSSR count). The molecular weight excluding hydrogens is 210 g/mol. The van der Waals surface area contributed by atoms with Gasteiger partial charge in [-0.25, -0.2) is 4.98 Å². The molecule has 1 N–H and O–H groups in total. The fraction of sp³-hybridized carbons (Fsp3) is 0.182. The van der Waals surface area contributed by atoms with Gasteiger partial charge in [-0.1, -0.05) is 0 Å². The molecular formula is C11H9NO4. The zero-order chi connectivity index (χ0) is 11.7. The van der Waals surface area contributed by atoms with Crippen LogP contribution in [0.1, 0.15) is 22.7 Å². The predicted molar refractivity (Wildman–Crippen MR) is 55.3 cm³/mol. The molecule has 0 aliphatic heterocycles. The van der Waals surface area contributed by atoms with Crippen molar-refractivity contribution in [3.05, 3.63) is 29.7 Å². The lowest BCUT2D eigenvalue weighted by Crippen LogP contribution is -2.06. The predicted octanol–water partition coefficient (Wildman–Crippen LogP) is 1.79. The van der Waals surface area contributed by atoms with E-state index in [0.717, 1.165) is 0 Å². The highest BCUT2D eigenvalue weighted by atomic mass is 16.4. The lowest BCUT2D eigenvalue weighted by atomic mass is 10.1. The van der Waals surface area contributed by atoms with E-state index in [1.165, 1.54) is 6.07 Å². The van der Waals surface area contributed by atoms with Crippen molar-refractivity contribution in [3.8, 4) is 0 Å². The molecule has 1 heterocycles. The quantitative estimate of drug-likeness (QED) is 0.628. The molecule has 5 heteroatoms. The van der Waals surface area contributed by atoms with Gasteiger partial charge in [0.25, 0.3) is 0 Å². The number of Topliss-reactive ketones (excluding diaryl/α,β-unsaturated/α-hetero) is 1. The highest BCUT2D eigenvalue weighted by Gasteiger charge is 2.12. The molecule has 0 unspecified atom stereocenters. The monoisotopic (exact) mass is 219 g/mol. The highest BCUT2D eigenvalue weighted by molar-refractivity contribution is 6.06. The number of carboxylic acid groups (broad SMARTS) is 1. The normalized spacial score (nSPS) is 10.6. The van der Waals surface area contributed by atoms with Crippen molar-refractivity contribution in [2.24, 2.45) is 0 Å². The topological polar surface area (TPSA) is 80.4 Å². The number of oxazole rings is 1. The van der Waals surface area contributed by atoms with Crippen LogP contribution in [0.3, 0.4) is 0 Å². The van der Waals surface area contributed by atoms with E-state index in [1.54, 1.807) is 19.1 Å². The standard InChI is InChI=1S/C11H9NO4/c1-6-12-8-3-2-7(4-10(8)16-6)9(13)5-11(14)15/h2-4H,5H2,1H3,(H,14,15). The van der Waals surface area contributed by atoms with Crippen LogP contribution in [0.15, 0.2) is 22.6 Å². The number of carbonyl (C=O) groups excluding carboxylic acids is 1. The Bertz CT molecular complexity index is 570. The van der Waals surface area contributed by atoms with Crippen molar-refractivity contribution in [2.75, 3.05) is 0 Å². The van der Waals surface area contributed by atoms with Crippen LogP contribution in [0.5, 0.6) is 0 Å². The summed E-state index contributed by atoms with van der Waals surface area (Å²) in [4.78, 5) is 25.9. The number of hydrogen-bond donors (Lipinski definition) is 1. The number of aryl methyl sites for hydroxylation is 1. The lowest BCUT2D eigenvalue weighted by Gasteiger charge is -1.96. The zero-order valence-corrected chi connectivity index (χ0v) is 8.56. The molecule has 0 fully saturated rings. The number of benzene rings is 1. The number of hydrogen-bond acceptors (Lipinski definition) is 4. The van der Waals surface area contributed by atoms with Gasteiger partial charge in [0.2, 0.25) is 0 Å². The number of carboxylic acids is 1. The second-order valence-corrected chi connectivity index (χ2v) is 3.41. The van der Waals surface area contributed by atoms with Crippen molar-refractivity contribution >= 4 is 22.9 Å². The molecule has 1 aromatic heterocycles. The Morgan fingerprint density at radius 1 is 1.44 bits per heavy atom. The van der Waals surface area contributed by atoms with Crippen LogP contribution in [-0.4, -0.2) is 21.8 Å². The van der Waals surface area contributed by atoms with Crippen LogP contribution >= 0.6 is 0 Å². The van der Waals surface area contributed by atoms with E-state index in [0.29, 0.717) is 22.6 Å². The molecule has 0 aliphatic rings. The Kier molecular flexibility index (Phi) is 2.44. The Morgan fingerprint density at radius 2 is 2.19 bits per heavy atom. The molecule has 0 saturated heterocycles. The van der Waals surface area contributed by atoms with Crippen molar-refractivity contribution in [2.45, 2.75) is 13.3 Å². The maximum atomic E-state index is 11.5. The van der Waals surface area contributed by atoms with Crippen LogP contribution in [0.2, 0.25) is 0 Å². The molecule has 5 nitrogen and oxygen atoms in total. The highest BCUT2D eigenvalue weighted by Crippen LogP contribution is 2.17. The van der Waals surface area contributed by atoms with Gasteiger partial charge in [-0.05, 0) is 18.2 Å². The summed E-state index contributed by atoms with van der Waals surface area (Å²) in [6, 6.07) is 4.71. The first kappa shape index (κ1) is 10.4. The van der Waals surface area contributed by atoms with Gasteiger partial charge in [0.05, 0.1) is 0 Å². The Labute approximate surface area is 90.7 Å². The van der Waals surface area contributed by atoms with Crippen LogP contribution in [0, 0.1) is 6.92 Å². The Morgan fingerprint density at radius 3 is 2.88 bits per heavy atom.